The molecule has 2 rings (SSSR count). The van der Waals surface area contributed by atoms with E-state index in [0.29, 0.717) is 17.3 Å². The third-order valence-corrected chi connectivity index (χ3v) is 3.76. The number of nitrogens with two attached hydrogens (primary N) is 1. The number of rotatable bonds is 6. The number of nitrogens with one attached hydrogen (secondary N) is 1. The first-order valence-electron chi connectivity index (χ1n) is 7.44. The zero-order valence-corrected chi connectivity index (χ0v) is 15.2. The third-order valence-electron chi connectivity index (χ3n) is 3.53. The van der Waals surface area contributed by atoms with Gasteiger partial charge < -0.3 is 15.8 Å². The highest BCUT2D eigenvalue weighted by Crippen LogP contribution is 2.19. The average Bonchev–Trinajstić information content (AvgIpc) is 2.53. The Morgan fingerprint density at radius 1 is 1.25 bits per heavy atom. The van der Waals surface area contributed by atoms with Gasteiger partial charge in [-0.15, -0.1) is 12.4 Å². The molecule has 0 radical (unpaired) electrons. The van der Waals surface area contributed by atoms with E-state index in [4.69, 9.17) is 22.1 Å². The first-order valence-corrected chi connectivity index (χ1v) is 7.82. The Morgan fingerprint density at radius 2 is 1.92 bits per heavy atom. The minimum Gasteiger partial charge on any atom is -0.489 e. The van der Waals surface area contributed by atoms with Crippen LogP contribution < -0.4 is 15.8 Å². The van der Waals surface area contributed by atoms with Gasteiger partial charge in [-0.05, 0) is 37.6 Å². The largest absolute Gasteiger partial charge is 0.489 e. The molecule has 0 heterocycles. The highest BCUT2D eigenvalue weighted by Gasteiger charge is 2.30. The normalized spacial score (nSPS) is 14.0. The Balaban J connectivity index is 0.00000288. The van der Waals surface area contributed by atoms with Crippen LogP contribution in [0.1, 0.15) is 19.4 Å². The molecule has 0 aromatic heterocycles. The van der Waals surface area contributed by atoms with Crippen LogP contribution in [0.5, 0.6) is 5.75 Å². The van der Waals surface area contributed by atoms with E-state index in [1.165, 1.54) is 0 Å². The van der Waals surface area contributed by atoms with E-state index in [2.05, 4.69) is 5.32 Å². The highest BCUT2D eigenvalue weighted by atomic mass is 35.5. The fourth-order valence-corrected chi connectivity index (χ4v) is 2.33. The van der Waals surface area contributed by atoms with E-state index in [-0.39, 0.29) is 24.4 Å². The van der Waals surface area contributed by atoms with E-state index in [0.717, 1.165) is 5.56 Å². The van der Waals surface area contributed by atoms with Crippen LogP contribution in [-0.2, 0) is 10.3 Å². The lowest BCUT2D eigenvalue weighted by molar-refractivity contribution is -0.126. The predicted molar refractivity (Wildman–Crippen MR) is 99.8 cm³/mol. The standard InChI is InChI=1S/C18H21ClN2O2.ClH/c1-13(23-16-10-6-9-15(19)11-16)12-21-17(22)18(2,20)14-7-4-3-5-8-14;/h3-11,13H,12,20H2,1-2H3,(H,21,22);1H. The number of carbonyl (C=O) groups is 1. The molecule has 0 saturated heterocycles. The van der Waals surface area contributed by atoms with Crippen LogP contribution in [0.3, 0.4) is 0 Å². The molecule has 130 valence electrons. The van der Waals surface area contributed by atoms with Crippen molar-refractivity contribution < 1.29 is 9.53 Å². The van der Waals surface area contributed by atoms with Gasteiger partial charge in [0.15, 0.2) is 0 Å². The summed E-state index contributed by atoms with van der Waals surface area (Å²) in [5.74, 6) is 0.420. The number of carbonyl (C=O) groups excluding carboxylic acids is 1. The minimum atomic E-state index is -1.09. The number of halogens is 2. The summed E-state index contributed by atoms with van der Waals surface area (Å²) >= 11 is 5.92. The zero-order valence-electron chi connectivity index (χ0n) is 13.7. The summed E-state index contributed by atoms with van der Waals surface area (Å²) in [5.41, 5.74) is 5.85. The van der Waals surface area contributed by atoms with E-state index in [9.17, 15) is 4.79 Å². The second-order valence-electron chi connectivity index (χ2n) is 5.66. The van der Waals surface area contributed by atoms with Crippen molar-refractivity contribution in [1.29, 1.82) is 0 Å². The van der Waals surface area contributed by atoms with Gasteiger partial charge in [0.1, 0.15) is 17.4 Å². The van der Waals surface area contributed by atoms with Gasteiger partial charge in [0.05, 0.1) is 6.54 Å². The summed E-state index contributed by atoms with van der Waals surface area (Å²) in [6.45, 7) is 3.92. The highest BCUT2D eigenvalue weighted by molar-refractivity contribution is 6.30. The van der Waals surface area contributed by atoms with Crippen LogP contribution in [0.2, 0.25) is 5.02 Å². The maximum absolute atomic E-state index is 12.4. The van der Waals surface area contributed by atoms with Crippen molar-refractivity contribution in [2.75, 3.05) is 6.54 Å². The molecule has 2 unspecified atom stereocenters. The Labute approximate surface area is 153 Å². The van der Waals surface area contributed by atoms with Crippen LogP contribution in [0, 0.1) is 0 Å². The molecular weight excluding hydrogens is 347 g/mol. The second kappa shape index (κ2) is 8.92. The third kappa shape index (κ3) is 5.41. The Bertz CT molecular complexity index is 663. The topological polar surface area (TPSA) is 64.4 Å². The number of hydrogen-bond donors (Lipinski definition) is 2. The van der Waals surface area contributed by atoms with Crippen LogP contribution in [-0.4, -0.2) is 18.6 Å². The summed E-state index contributed by atoms with van der Waals surface area (Å²) < 4.78 is 5.72. The Hall–Kier alpha value is -1.75. The molecule has 2 aromatic carbocycles. The lowest BCUT2D eigenvalue weighted by atomic mass is 9.92. The van der Waals surface area contributed by atoms with Crippen LogP contribution >= 0.6 is 24.0 Å². The molecule has 0 saturated carbocycles. The lowest BCUT2D eigenvalue weighted by Crippen LogP contribution is -2.50. The fraction of sp³-hybridized carbons (Fsp3) is 0.278. The van der Waals surface area contributed by atoms with Gasteiger partial charge in [-0.3, -0.25) is 4.79 Å². The molecule has 2 aromatic rings. The second-order valence-corrected chi connectivity index (χ2v) is 6.10. The molecule has 0 fully saturated rings. The first kappa shape index (κ1) is 20.3. The van der Waals surface area contributed by atoms with Gasteiger partial charge in [-0.2, -0.15) is 0 Å². The van der Waals surface area contributed by atoms with Crippen molar-refractivity contribution in [3.8, 4) is 5.75 Å². The average molecular weight is 369 g/mol. The molecule has 0 bridgehead atoms. The molecule has 6 heteroatoms. The first-order chi connectivity index (χ1) is 10.9. The summed E-state index contributed by atoms with van der Waals surface area (Å²) in [7, 11) is 0. The number of ether oxygens (including phenoxy) is 1. The van der Waals surface area contributed by atoms with Gasteiger partial charge in [0, 0.05) is 5.02 Å². The minimum absolute atomic E-state index is 0. The van der Waals surface area contributed by atoms with E-state index in [1.807, 2.05) is 49.4 Å². The molecule has 4 nitrogen and oxygen atoms in total. The smallest absolute Gasteiger partial charge is 0.244 e. The Morgan fingerprint density at radius 3 is 2.54 bits per heavy atom. The molecule has 0 spiro atoms. The van der Waals surface area contributed by atoms with Crippen molar-refractivity contribution in [2.24, 2.45) is 5.73 Å². The monoisotopic (exact) mass is 368 g/mol. The lowest BCUT2D eigenvalue weighted by Gasteiger charge is -2.25. The molecule has 24 heavy (non-hydrogen) atoms. The fourth-order valence-electron chi connectivity index (χ4n) is 2.15. The van der Waals surface area contributed by atoms with E-state index >= 15 is 0 Å². The van der Waals surface area contributed by atoms with Crippen LogP contribution in [0.15, 0.2) is 54.6 Å². The van der Waals surface area contributed by atoms with Crippen molar-refractivity contribution in [2.45, 2.75) is 25.5 Å². The predicted octanol–water partition coefficient (Wildman–Crippen LogP) is 3.52. The van der Waals surface area contributed by atoms with Crippen LogP contribution in [0.25, 0.3) is 0 Å². The van der Waals surface area contributed by atoms with E-state index < -0.39 is 5.54 Å². The molecule has 1 amide bonds. The summed E-state index contributed by atoms with van der Waals surface area (Å²) in [6.07, 6.45) is -0.205. The van der Waals surface area contributed by atoms with Crippen molar-refractivity contribution in [3.05, 3.63) is 65.2 Å². The number of amides is 1. The molecule has 0 aliphatic heterocycles. The van der Waals surface area contributed by atoms with E-state index in [1.54, 1.807) is 19.1 Å². The van der Waals surface area contributed by atoms with Gasteiger partial charge in [-0.1, -0.05) is 48.0 Å². The zero-order chi connectivity index (χ0) is 16.9. The van der Waals surface area contributed by atoms with Crippen molar-refractivity contribution >= 4 is 29.9 Å². The van der Waals surface area contributed by atoms with Gasteiger partial charge in [0.25, 0.3) is 0 Å². The summed E-state index contributed by atoms with van der Waals surface area (Å²) in [6, 6.07) is 16.4. The van der Waals surface area contributed by atoms with Crippen LogP contribution in [0.4, 0.5) is 0 Å². The molecule has 2 atom stereocenters. The van der Waals surface area contributed by atoms with Gasteiger partial charge in [0.2, 0.25) is 5.91 Å². The maximum Gasteiger partial charge on any atom is 0.244 e. The molecule has 0 aliphatic rings. The number of hydrogen-bond acceptors (Lipinski definition) is 3. The number of benzene rings is 2. The summed E-state index contributed by atoms with van der Waals surface area (Å²) in [4.78, 5) is 12.4. The Kier molecular flexibility index (Phi) is 7.55. The molecule has 0 aliphatic carbocycles. The van der Waals surface area contributed by atoms with Gasteiger partial charge >= 0.3 is 0 Å². The van der Waals surface area contributed by atoms with Gasteiger partial charge in [-0.25, -0.2) is 0 Å². The molecule has 3 N–H and O–H groups in total. The van der Waals surface area contributed by atoms with Crippen molar-refractivity contribution in [1.82, 2.24) is 5.32 Å². The van der Waals surface area contributed by atoms with Crippen molar-refractivity contribution in [3.63, 3.8) is 0 Å². The maximum atomic E-state index is 12.4. The quantitative estimate of drug-likeness (QED) is 0.819. The SMILES string of the molecule is CC(CNC(=O)C(C)(N)c1ccccc1)Oc1cccc(Cl)c1.Cl. The molecular formula is C18H22Cl2N2O2. The summed E-state index contributed by atoms with van der Waals surface area (Å²) in [5, 5.41) is 3.44.